The Labute approximate surface area is 110 Å². The fourth-order valence-electron chi connectivity index (χ4n) is 1.70. The van der Waals surface area contributed by atoms with Crippen molar-refractivity contribution in [1.29, 1.82) is 5.26 Å². The maximum absolute atomic E-state index is 8.84. The van der Waals surface area contributed by atoms with Gasteiger partial charge < -0.3 is 4.74 Å². The van der Waals surface area contributed by atoms with Crippen molar-refractivity contribution in [2.75, 3.05) is 0 Å². The predicted octanol–water partition coefficient (Wildman–Crippen LogP) is 3.13. The van der Waals surface area contributed by atoms with Crippen molar-refractivity contribution in [2.45, 2.75) is 12.8 Å². The average molecular weight is 262 g/mol. The molecule has 0 atom stereocenters. The minimum absolute atomic E-state index is 0.340. The molecule has 0 unspecified atom stereocenters. The molecule has 2 aromatic rings. The highest BCUT2D eigenvalue weighted by Gasteiger charge is 2.14. The third-order valence-corrected chi connectivity index (χ3v) is 2.87. The van der Waals surface area contributed by atoms with Crippen LogP contribution in [0.5, 0.6) is 11.6 Å². The van der Waals surface area contributed by atoms with Gasteiger partial charge in [0.2, 0.25) is 5.88 Å². The van der Waals surface area contributed by atoms with Gasteiger partial charge in [-0.1, -0.05) is 6.07 Å². The van der Waals surface area contributed by atoms with Gasteiger partial charge in [0.25, 0.3) is 0 Å². The molecule has 4 nitrogen and oxygen atoms in total. The van der Waals surface area contributed by atoms with Crippen LogP contribution >= 0.6 is 11.6 Å². The van der Waals surface area contributed by atoms with Crippen LogP contribution in [0.3, 0.4) is 0 Å². The number of aromatic nitrogens is 2. The molecule has 0 spiro atoms. The van der Waals surface area contributed by atoms with E-state index in [-0.39, 0.29) is 0 Å². The summed E-state index contributed by atoms with van der Waals surface area (Å²) >= 11 is 5.89. The predicted molar refractivity (Wildman–Crippen MR) is 68.7 cm³/mol. The van der Waals surface area contributed by atoms with Gasteiger partial charge in [0.15, 0.2) is 0 Å². The smallest absolute Gasteiger partial charge is 0.222 e. The molecular formula is C13H12ClN3O. The van der Waals surface area contributed by atoms with Crippen LogP contribution in [-0.2, 0) is 12.9 Å². The highest BCUT2D eigenvalue weighted by molar-refractivity contribution is 6.17. The maximum Gasteiger partial charge on any atom is 0.222 e. The first-order valence-electron chi connectivity index (χ1n) is 5.42. The van der Waals surface area contributed by atoms with E-state index >= 15 is 0 Å². The molecule has 0 radical (unpaired) electrons. The van der Waals surface area contributed by atoms with Crippen molar-refractivity contribution in [2.24, 2.45) is 7.05 Å². The van der Waals surface area contributed by atoms with E-state index in [2.05, 4.69) is 11.2 Å². The molecule has 0 aliphatic rings. The average Bonchev–Trinajstić information content (AvgIpc) is 2.64. The summed E-state index contributed by atoms with van der Waals surface area (Å²) < 4.78 is 7.40. The maximum atomic E-state index is 8.84. The number of benzene rings is 1. The molecule has 1 aromatic heterocycles. The quantitative estimate of drug-likeness (QED) is 0.798. The van der Waals surface area contributed by atoms with Crippen LogP contribution in [-0.4, -0.2) is 9.78 Å². The molecule has 18 heavy (non-hydrogen) atoms. The first-order valence-corrected chi connectivity index (χ1v) is 5.95. The normalized spacial score (nSPS) is 10.1. The van der Waals surface area contributed by atoms with E-state index in [0.717, 1.165) is 11.3 Å². The van der Waals surface area contributed by atoms with Crippen molar-refractivity contribution >= 4 is 11.6 Å². The molecule has 0 N–H and O–H groups in total. The monoisotopic (exact) mass is 261 g/mol. The third-order valence-electron chi connectivity index (χ3n) is 2.60. The Bertz CT molecular complexity index is 613. The number of alkyl halides is 1. The second-order valence-electron chi connectivity index (χ2n) is 3.87. The number of rotatable bonds is 3. The molecule has 0 aliphatic carbocycles. The zero-order valence-corrected chi connectivity index (χ0v) is 10.9. The summed E-state index contributed by atoms with van der Waals surface area (Å²) in [6, 6.07) is 9.05. The second kappa shape index (κ2) is 5.11. The molecule has 2 rings (SSSR count). The highest BCUT2D eigenvalue weighted by atomic mass is 35.5. The summed E-state index contributed by atoms with van der Waals surface area (Å²) in [4.78, 5) is 0. The summed E-state index contributed by atoms with van der Waals surface area (Å²) in [6.45, 7) is 1.89. The highest BCUT2D eigenvalue weighted by Crippen LogP contribution is 2.28. The molecule has 0 aliphatic heterocycles. The summed E-state index contributed by atoms with van der Waals surface area (Å²) in [5, 5.41) is 13.1. The Morgan fingerprint density at radius 3 is 2.94 bits per heavy atom. The van der Waals surface area contributed by atoms with Crippen LogP contribution in [0, 0.1) is 18.3 Å². The van der Waals surface area contributed by atoms with Crippen LogP contribution < -0.4 is 4.74 Å². The molecule has 0 saturated heterocycles. The summed E-state index contributed by atoms with van der Waals surface area (Å²) in [5.41, 5.74) is 2.26. The van der Waals surface area contributed by atoms with Gasteiger partial charge in [-0.25, -0.2) is 4.68 Å². The lowest BCUT2D eigenvalue weighted by atomic mass is 10.2. The van der Waals surface area contributed by atoms with Crippen LogP contribution in [0.25, 0.3) is 0 Å². The molecule has 92 valence electrons. The Morgan fingerprint density at radius 1 is 1.50 bits per heavy atom. The Morgan fingerprint density at radius 2 is 2.28 bits per heavy atom. The van der Waals surface area contributed by atoms with E-state index in [9.17, 15) is 0 Å². The zero-order chi connectivity index (χ0) is 13.1. The minimum atomic E-state index is 0.340. The number of nitrogens with zero attached hydrogens (tertiary/aromatic N) is 3. The molecule has 5 heteroatoms. The molecular weight excluding hydrogens is 250 g/mol. The minimum Gasteiger partial charge on any atom is -0.439 e. The molecule has 0 fully saturated rings. The summed E-state index contributed by atoms with van der Waals surface area (Å²) in [7, 11) is 1.80. The van der Waals surface area contributed by atoms with Gasteiger partial charge in [0.1, 0.15) is 5.75 Å². The second-order valence-corrected chi connectivity index (χ2v) is 4.14. The first kappa shape index (κ1) is 12.5. The largest absolute Gasteiger partial charge is 0.439 e. The van der Waals surface area contributed by atoms with Crippen molar-refractivity contribution in [1.82, 2.24) is 9.78 Å². The molecule has 1 heterocycles. The number of hydrogen-bond acceptors (Lipinski definition) is 3. The van der Waals surface area contributed by atoms with Gasteiger partial charge >= 0.3 is 0 Å². The van der Waals surface area contributed by atoms with Gasteiger partial charge in [-0.3, -0.25) is 0 Å². The van der Waals surface area contributed by atoms with Crippen molar-refractivity contribution in [3.05, 3.63) is 41.1 Å². The number of hydrogen-bond donors (Lipinski definition) is 0. The van der Waals surface area contributed by atoms with E-state index in [0.29, 0.717) is 23.1 Å². The van der Waals surface area contributed by atoms with E-state index in [1.807, 2.05) is 6.92 Å². The lowest BCUT2D eigenvalue weighted by Gasteiger charge is -2.07. The fraction of sp³-hybridized carbons (Fsp3) is 0.231. The first-order chi connectivity index (χ1) is 8.65. The lowest BCUT2D eigenvalue weighted by Crippen LogP contribution is -1.96. The van der Waals surface area contributed by atoms with Crippen LogP contribution in [0.4, 0.5) is 0 Å². The third kappa shape index (κ3) is 2.31. The molecule has 0 bridgehead atoms. The van der Waals surface area contributed by atoms with Crippen LogP contribution in [0.15, 0.2) is 24.3 Å². The van der Waals surface area contributed by atoms with Crippen molar-refractivity contribution in [3.63, 3.8) is 0 Å². The fourth-order valence-corrected chi connectivity index (χ4v) is 2.01. The van der Waals surface area contributed by atoms with E-state index in [1.54, 1.807) is 36.0 Å². The van der Waals surface area contributed by atoms with Crippen LogP contribution in [0.2, 0.25) is 0 Å². The molecule has 0 saturated carbocycles. The summed E-state index contributed by atoms with van der Waals surface area (Å²) in [6.07, 6.45) is 0. The standard InChI is InChI=1S/C13H12ClN3O/c1-9-12(7-14)13(17(2)16-9)18-11-5-3-4-10(6-11)8-15/h3-6H,7H2,1-2H3. The summed E-state index contributed by atoms with van der Waals surface area (Å²) in [5.74, 6) is 1.55. The van der Waals surface area contributed by atoms with Gasteiger partial charge in [0, 0.05) is 7.05 Å². The van der Waals surface area contributed by atoms with Crippen molar-refractivity contribution in [3.8, 4) is 17.7 Å². The lowest BCUT2D eigenvalue weighted by molar-refractivity contribution is 0.427. The SMILES string of the molecule is Cc1nn(C)c(Oc2cccc(C#N)c2)c1CCl. The number of aryl methyl sites for hydroxylation is 2. The Balaban J connectivity index is 2.37. The van der Waals surface area contributed by atoms with E-state index < -0.39 is 0 Å². The zero-order valence-electron chi connectivity index (χ0n) is 10.1. The van der Waals surface area contributed by atoms with Gasteiger partial charge in [-0.2, -0.15) is 10.4 Å². The number of nitriles is 1. The van der Waals surface area contributed by atoms with Gasteiger partial charge in [-0.05, 0) is 25.1 Å². The van der Waals surface area contributed by atoms with Gasteiger partial charge in [-0.15, -0.1) is 11.6 Å². The molecule has 0 amide bonds. The van der Waals surface area contributed by atoms with E-state index in [4.69, 9.17) is 21.6 Å². The Hall–Kier alpha value is -1.99. The Kier molecular flexibility index (Phi) is 3.54. The van der Waals surface area contributed by atoms with E-state index in [1.165, 1.54) is 0 Å². The topological polar surface area (TPSA) is 50.8 Å². The van der Waals surface area contributed by atoms with Gasteiger partial charge in [0.05, 0.1) is 28.8 Å². The van der Waals surface area contributed by atoms with Crippen molar-refractivity contribution < 1.29 is 4.74 Å². The number of halogens is 1. The molecule has 1 aromatic carbocycles. The number of ether oxygens (including phenoxy) is 1. The van der Waals surface area contributed by atoms with Crippen LogP contribution in [0.1, 0.15) is 16.8 Å².